The van der Waals surface area contributed by atoms with Crippen molar-refractivity contribution in [2.45, 2.75) is 51.7 Å². The number of epoxide rings is 1. The predicted molar refractivity (Wildman–Crippen MR) is 67.7 cm³/mol. The van der Waals surface area contributed by atoms with Gasteiger partial charge in [-0.2, -0.15) is 0 Å². The van der Waals surface area contributed by atoms with Crippen LogP contribution in [0.2, 0.25) is 0 Å². The van der Waals surface area contributed by atoms with E-state index in [1.54, 1.807) is 6.26 Å². The largest absolute Gasteiger partial charge is 0.468 e. The molecule has 2 atom stereocenters. The van der Waals surface area contributed by atoms with Gasteiger partial charge in [0.25, 0.3) is 0 Å². The van der Waals surface area contributed by atoms with E-state index < -0.39 is 0 Å². The Morgan fingerprint density at radius 3 is 2.94 bits per heavy atom. The summed E-state index contributed by atoms with van der Waals surface area (Å²) in [6.45, 7) is 6.03. The van der Waals surface area contributed by atoms with E-state index in [9.17, 15) is 4.79 Å². The summed E-state index contributed by atoms with van der Waals surface area (Å²) in [5.74, 6) is 0.874. The number of fused-ring (bicyclic) bond motifs is 2. The molecule has 0 unspecified atom stereocenters. The number of carbonyl (C=O) groups excluding carboxylic acids is 1. The average molecular weight is 246 g/mol. The van der Waals surface area contributed by atoms with E-state index in [4.69, 9.17) is 9.15 Å². The monoisotopic (exact) mass is 246 g/mol. The van der Waals surface area contributed by atoms with Crippen LogP contribution >= 0.6 is 0 Å². The van der Waals surface area contributed by atoms with Crippen LogP contribution < -0.4 is 0 Å². The lowest BCUT2D eigenvalue weighted by atomic mass is 9.91. The molecule has 1 aliphatic carbocycles. The van der Waals surface area contributed by atoms with Crippen molar-refractivity contribution in [2.75, 3.05) is 0 Å². The number of allylic oxidation sites excluding steroid dienone is 2. The van der Waals surface area contributed by atoms with Crippen LogP contribution in [0.15, 0.2) is 22.3 Å². The summed E-state index contributed by atoms with van der Waals surface area (Å²) in [6.07, 6.45) is 6.21. The molecule has 0 amide bonds. The van der Waals surface area contributed by atoms with E-state index in [0.29, 0.717) is 0 Å². The van der Waals surface area contributed by atoms with Crippen LogP contribution in [-0.4, -0.2) is 17.5 Å². The minimum absolute atomic E-state index is 0.0912. The normalized spacial score (nSPS) is 31.4. The minimum atomic E-state index is -0.278. The van der Waals surface area contributed by atoms with E-state index in [2.05, 4.69) is 13.0 Å². The van der Waals surface area contributed by atoms with Crippen LogP contribution in [-0.2, 0) is 11.2 Å². The number of rotatable bonds is 0. The van der Waals surface area contributed by atoms with Crippen LogP contribution in [0.3, 0.4) is 0 Å². The quantitative estimate of drug-likeness (QED) is 0.521. The molecular formula is C15H18O3. The Bertz CT molecular complexity index is 538. The Morgan fingerprint density at radius 2 is 2.17 bits per heavy atom. The molecule has 0 radical (unpaired) electrons. The van der Waals surface area contributed by atoms with Crippen LogP contribution in [0.25, 0.3) is 0 Å². The second-order valence-electron chi connectivity index (χ2n) is 5.66. The lowest BCUT2D eigenvalue weighted by Gasteiger charge is -2.08. The second-order valence-corrected chi connectivity index (χ2v) is 5.66. The number of ether oxygens (including phenoxy) is 1. The summed E-state index contributed by atoms with van der Waals surface area (Å²) < 4.78 is 11.2. The van der Waals surface area contributed by atoms with Crippen LogP contribution in [0.4, 0.5) is 0 Å². The standard InChI is InChI=1S/C15H18O3/c1-9-5-4-6-15(3)14(18-15)13(16)12-10(2)8-17-11(12)7-9/h5,8,14H,4,6-7H2,1-3H3/t14-,15+/m1/s1. The van der Waals surface area contributed by atoms with Gasteiger partial charge in [0, 0.05) is 6.42 Å². The maximum absolute atomic E-state index is 12.5. The molecule has 0 spiro atoms. The molecule has 0 N–H and O–H groups in total. The summed E-state index contributed by atoms with van der Waals surface area (Å²) >= 11 is 0. The van der Waals surface area contributed by atoms with Gasteiger partial charge in [-0.25, -0.2) is 0 Å². The van der Waals surface area contributed by atoms with E-state index in [1.165, 1.54) is 5.57 Å². The first-order valence-electron chi connectivity index (χ1n) is 6.46. The van der Waals surface area contributed by atoms with Gasteiger partial charge >= 0.3 is 0 Å². The zero-order valence-electron chi connectivity index (χ0n) is 11.1. The van der Waals surface area contributed by atoms with Gasteiger partial charge in [-0.1, -0.05) is 11.6 Å². The molecule has 0 aromatic carbocycles. The van der Waals surface area contributed by atoms with Crippen molar-refractivity contribution < 1.29 is 13.9 Å². The third-order valence-corrected chi connectivity index (χ3v) is 3.99. The summed E-state index contributed by atoms with van der Waals surface area (Å²) in [6, 6.07) is 0. The molecule has 0 bridgehead atoms. The number of hydrogen-bond donors (Lipinski definition) is 0. The summed E-state index contributed by atoms with van der Waals surface area (Å²) in [7, 11) is 0. The van der Waals surface area contributed by atoms with Gasteiger partial charge in [0.15, 0.2) is 5.78 Å². The van der Waals surface area contributed by atoms with E-state index in [-0.39, 0.29) is 17.5 Å². The van der Waals surface area contributed by atoms with Crippen molar-refractivity contribution in [1.29, 1.82) is 0 Å². The molecule has 2 heterocycles. The van der Waals surface area contributed by atoms with Gasteiger partial charge in [0.05, 0.1) is 11.8 Å². The molecule has 3 nitrogen and oxygen atoms in total. The first kappa shape index (κ1) is 11.7. The summed E-state index contributed by atoms with van der Waals surface area (Å²) in [5.41, 5.74) is 2.63. The van der Waals surface area contributed by atoms with Gasteiger partial charge in [-0.15, -0.1) is 0 Å². The average Bonchev–Trinajstić information content (AvgIpc) is 2.84. The van der Waals surface area contributed by atoms with Crippen molar-refractivity contribution in [2.24, 2.45) is 0 Å². The van der Waals surface area contributed by atoms with Crippen molar-refractivity contribution in [3.63, 3.8) is 0 Å². The maximum Gasteiger partial charge on any atom is 0.198 e. The highest BCUT2D eigenvalue weighted by molar-refractivity contribution is 6.04. The molecule has 3 rings (SSSR count). The summed E-state index contributed by atoms with van der Waals surface area (Å²) in [5, 5.41) is 0. The lowest BCUT2D eigenvalue weighted by Crippen LogP contribution is -2.20. The van der Waals surface area contributed by atoms with E-state index in [1.807, 2.05) is 13.8 Å². The molecule has 1 fully saturated rings. The predicted octanol–water partition coefficient (Wildman–Crippen LogP) is 3.21. The molecule has 1 aliphatic heterocycles. The van der Waals surface area contributed by atoms with E-state index >= 15 is 0 Å². The van der Waals surface area contributed by atoms with Crippen molar-refractivity contribution >= 4 is 5.78 Å². The summed E-state index contributed by atoms with van der Waals surface area (Å²) in [4.78, 5) is 12.5. The highest BCUT2D eigenvalue weighted by Gasteiger charge is 2.56. The number of ketones is 1. The number of aryl methyl sites for hydroxylation is 1. The van der Waals surface area contributed by atoms with Gasteiger partial charge in [-0.05, 0) is 39.2 Å². The molecule has 18 heavy (non-hydrogen) atoms. The van der Waals surface area contributed by atoms with Crippen LogP contribution in [0, 0.1) is 6.92 Å². The number of Topliss-reactive ketones (excluding diaryl/α,β-unsaturated/α-hetero) is 1. The first-order valence-corrected chi connectivity index (χ1v) is 6.46. The Labute approximate surface area is 107 Å². The van der Waals surface area contributed by atoms with Gasteiger partial charge in [0.1, 0.15) is 17.5 Å². The van der Waals surface area contributed by atoms with Crippen LogP contribution in [0.1, 0.15) is 48.4 Å². The number of carbonyl (C=O) groups is 1. The molecule has 96 valence electrons. The fourth-order valence-corrected chi connectivity index (χ4v) is 2.78. The fraction of sp³-hybridized carbons (Fsp3) is 0.533. The van der Waals surface area contributed by atoms with Crippen LogP contribution in [0.5, 0.6) is 0 Å². The third-order valence-electron chi connectivity index (χ3n) is 3.99. The van der Waals surface area contributed by atoms with E-state index in [0.717, 1.165) is 36.1 Å². The van der Waals surface area contributed by atoms with Crippen molar-refractivity contribution in [3.05, 3.63) is 34.8 Å². The molecule has 1 saturated heterocycles. The topological polar surface area (TPSA) is 42.7 Å². The molecule has 2 aliphatic rings. The highest BCUT2D eigenvalue weighted by Crippen LogP contribution is 2.43. The lowest BCUT2D eigenvalue weighted by molar-refractivity contribution is 0.0951. The van der Waals surface area contributed by atoms with Crippen molar-refractivity contribution in [3.8, 4) is 0 Å². The Morgan fingerprint density at radius 1 is 1.39 bits per heavy atom. The maximum atomic E-state index is 12.5. The molecular weight excluding hydrogens is 228 g/mol. The fourth-order valence-electron chi connectivity index (χ4n) is 2.78. The Hall–Kier alpha value is -1.35. The highest BCUT2D eigenvalue weighted by atomic mass is 16.6. The number of hydrogen-bond acceptors (Lipinski definition) is 3. The van der Waals surface area contributed by atoms with Gasteiger partial charge in [-0.3, -0.25) is 4.79 Å². The minimum Gasteiger partial charge on any atom is -0.468 e. The number of furan rings is 1. The smallest absolute Gasteiger partial charge is 0.198 e. The van der Waals surface area contributed by atoms with Gasteiger partial charge in [0.2, 0.25) is 0 Å². The Kier molecular flexibility index (Phi) is 2.49. The Balaban J connectivity index is 2.05. The van der Waals surface area contributed by atoms with Gasteiger partial charge < -0.3 is 9.15 Å². The zero-order valence-corrected chi connectivity index (χ0v) is 11.1. The molecule has 0 saturated carbocycles. The van der Waals surface area contributed by atoms with Crippen molar-refractivity contribution in [1.82, 2.24) is 0 Å². The molecule has 1 aromatic rings. The SMILES string of the molecule is CC1=CCC[C@]2(C)O[C@@H]2C(=O)c2c(C)coc2C1. The zero-order chi connectivity index (χ0) is 12.9. The molecule has 3 heteroatoms. The molecule has 1 aromatic heterocycles. The third kappa shape index (κ3) is 1.74. The second kappa shape index (κ2) is 3.82. The first-order chi connectivity index (χ1) is 8.51.